The van der Waals surface area contributed by atoms with E-state index in [1.807, 2.05) is 19.9 Å². The van der Waals surface area contributed by atoms with Gasteiger partial charge in [-0.3, -0.25) is 19.8 Å². The fourth-order valence-electron chi connectivity index (χ4n) is 3.15. The van der Waals surface area contributed by atoms with Crippen molar-refractivity contribution in [2.45, 2.75) is 20.4 Å². The van der Waals surface area contributed by atoms with Gasteiger partial charge in [0, 0.05) is 17.7 Å². The normalized spacial score (nSPS) is 11.0. The highest BCUT2D eigenvalue weighted by Crippen LogP contribution is 2.33. The van der Waals surface area contributed by atoms with Gasteiger partial charge in [0.25, 0.3) is 11.6 Å². The van der Waals surface area contributed by atoms with Crippen molar-refractivity contribution in [2.24, 2.45) is 0 Å². The van der Waals surface area contributed by atoms with Crippen LogP contribution in [-0.2, 0) is 6.54 Å². The van der Waals surface area contributed by atoms with Gasteiger partial charge in [-0.05, 0) is 55.3 Å². The predicted molar refractivity (Wildman–Crippen MR) is 111 cm³/mol. The third-order valence-corrected chi connectivity index (χ3v) is 5.73. The molecule has 7 nitrogen and oxygen atoms in total. The molecule has 0 aliphatic heterocycles. The number of fused-ring (bicyclic) bond motifs is 1. The molecule has 29 heavy (non-hydrogen) atoms. The van der Waals surface area contributed by atoms with Crippen LogP contribution in [0.3, 0.4) is 0 Å². The lowest BCUT2D eigenvalue weighted by molar-refractivity contribution is -0.384. The summed E-state index contributed by atoms with van der Waals surface area (Å²) in [5, 5.41) is 11.4. The molecule has 0 bridgehead atoms. The number of aryl methyl sites for hydroxylation is 2. The van der Waals surface area contributed by atoms with Crippen LogP contribution >= 0.6 is 11.3 Å². The Labute approximate surface area is 170 Å². The average Bonchev–Trinajstić information content (AvgIpc) is 3.35. The summed E-state index contributed by atoms with van der Waals surface area (Å²) in [4.78, 5) is 29.9. The molecule has 4 aromatic rings. The monoisotopic (exact) mass is 407 g/mol. The number of amides is 1. The molecule has 8 heteroatoms. The lowest BCUT2D eigenvalue weighted by Crippen LogP contribution is -2.30. The van der Waals surface area contributed by atoms with Crippen molar-refractivity contribution < 1.29 is 14.1 Å². The number of non-ortho nitro benzene ring substituents is 1. The van der Waals surface area contributed by atoms with Crippen LogP contribution in [0.25, 0.3) is 10.2 Å². The summed E-state index contributed by atoms with van der Waals surface area (Å²) in [6, 6.07) is 13.2. The average molecular weight is 407 g/mol. The first-order valence-corrected chi connectivity index (χ1v) is 9.70. The maximum atomic E-state index is 13.3. The first-order valence-electron chi connectivity index (χ1n) is 8.89. The number of nitro groups is 1. The Morgan fingerprint density at radius 1 is 1.21 bits per heavy atom. The quantitative estimate of drug-likeness (QED) is 0.332. The van der Waals surface area contributed by atoms with Crippen molar-refractivity contribution in [1.29, 1.82) is 0 Å². The molecule has 0 aliphatic rings. The van der Waals surface area contributed by atoms with E-state index in [-0.39, 0.29) is 18.1 Å². The Hall–Kier alpha value is -3.52. The molecule has 0 spiro atoms. The number of carbonyl (C=O) groups is 1. The number of hydrogen-bond acceptors (Lipinski definition) is 6. The fourth-order valence-corrected chi connectivity index (χ4v) is 4.16. The van der Waals surface area contributed by atoms with E-state index in [4.69, 9.17) is 4.42 Å². The summed E-state index contributed by atoms with van der Waals surface area (Å²) in [6.07, 6.45) is 1.55. The molecule has 0 fully saturated rings. The van der Waals surface area contributed by atoms with E-state index >= 15 is 0 Å². The Morgan fingerprint density at radius 3 is 2.62 bits per heavy atom. The molecule has 0 radical (unpaired) electrons. The summed E-state index contributed by atoms with van der Waals surface area (Å²) in [7, 11) is 0. The third-order valence-electron chi connectivity index (χ3n) is 4.50. The highest BCUT2D eigenvalue weighted by atomic mass is 32.1. The lowest BCUT2D eigenvalue weighted by Gasteiger charge is -2.18. The van der Waals surface area contributed by atoms with Crippen LogP contribution in [0.4, 0.5) is 10.8 Å². The number of furan rings is 1. The smallest absolute Gasteiger partial charge is 0.269 e. The van der Waals surface area contributed by atoms with Gasteiger partial charge in [0.05, 0.1) is 27.9 Å². The molecule has 2 heterocycles. The molecule has 0 unspecified atom stereocenters. The largest absolute Gasteiger partial charge is 0.467 e. The molecule has 0 N–H and O–H groups in total. The third kappa shape index (κ3) is 3.74. The molecule has 1 amide bonds. The molecule has 0 atom stereocenters. The van der Waals surface area contributed by atoms with E-state index in [0.717, 1.165) is 21.3 Å². The standard InChI is InChI=1S/C21H17N3O4S/c1-13-10-14(2)19-18(11-13)22-21(29-19)23(12-17-4-3-9-28-17)20(25)15-5-7-16(8-6-15)24(26)27/h3-11H,12H2,1-2H3. The predicted octanol–water partition coefficient (Wildman–Crippen LogP) is 5.26. The number of nitrogens with zero attached hydrogens (tertiary/aromatic N) is 3. The maximum Gasteiger partial charge on any atom is 0.269 e. The van der Waals surface area contributed by atoms with Gasteiger partial charge in [-0.25, -0.2) is 4.98 Å². The van der Waals surface area contributed by atoms with Crippen LogP contribution in [0, 0.1) is 24.0 Å². The minimum Gasteiger partial charge on any atom is -0.467 e. The van der Waals surface area contributed by atoms with Gasteiger partial charge in [-0.15, -0.1) is 0 Å². The second-order valence-electron chi connectivity index (χ2n) is 6.70. The zero-order valence-electron chi connectivity index (χ0n) is 15.8. The second kappa shape index (κ2) is 7.48. The van der Waals surface area contributed by atoms with Gasteiger partial charge in [0.15, 0.2) is 5.13 Å². The van der Waals surface area contributed by atoms with E-state index in [0.29, 0.717) is 16.5 Å². The number of carbonyl (C=O) groups excluding carboxylic acids is 1. The Morgan fingerprint density at radius 2 is 1.97 bits per heavy atom. The maximum absolute atomic E-state index is 13.3. The summed E-state index contributed by atoms with van der Waals surface area (Å²) in [5.41, 5.74) is 3.32. The number of anilines is 1. The minimum atomic E-state index is -0.493. The van der Waals surface area contributed by atoms with Crippen molar-refractivity contribution in [1.82, 2.24) is 4.98 Å². The molecule has 2 aromatic carbocycles. The Balaban J connectivity index is 1.76. The van der Waals surface area contributed by atoms with Crippen molar-refractivity contribution in [3.63, 3.8) is 0 Å². The van der Waals surface area contributed by atoms with Crippen molar-refractivity contribution in [2.75, 3.05) is 4.90 Å². The summed E-state index contributed by atoms with van der Waals surface area (Å²) in [6.45, 7) is 4.24. The Bertz CT molecular complexity index is 1200. The van der Waals surface area contributed by atoms with Crippen LogP contribution in [0.1, 0.15) is 27.2 Å². The topological polar surface area (TPSA) is 89.5 Å². The zero-order valence-corrected chi connectivity index (χ0v) is 16.6. The van der Waals surface area contributed by atoms with Crippen LogP contribution in [-0.4, -0.2) is 15.8 Å². The molecule has 4 rings (SSSR count). The molecule has 0 aliphatic carbocycles. The van der Waals surface area contributed by atoms with Crippen LogP contribution in [0.5, 0.6) is 0 Å². The summed E-state index contributed by atoms with van der Waals surface area (Å²) < 4.78 is 6.45. The number of aromatic nitrogens is 1. The van der Waals surface area contributed by atoms with Crippen molar-refractivity contribution >= 4 is 38.3 Å². The SMILES string of the molecule is Cc1cc(C)c2sc(N(Cc3ccco3)C(=O)c3ccc([N+](=O)[O-])cc3)nc2c1. The fraction of sp³-hybridized carbons (Fsp3) is 0.143. The van der Waals surface area contributed by atoms with Crippen molar-refractivity contribution in [3.05, 3.63) is 87.4 Å². The van der Waals surface area contributed by atoms with Gasteiger partial charge in [-0.1, -0.05) is 17.4 Å². The lowest BCUT2D eigenvalue weighted by atomic mass is 10.1. The Kier molecular flexibility index (Phi) is 4.85. The zero-order chi connectivity index (χ0) is 20.5. The highest BCUT2D eigenvalue weighted by Gasteiger charge is 2.23. The number of benzene rings is 2. The molecule has 146 valence electrons. The molecule has 0 saturated heterocycles. The number of rotatable bonds is 5. The van der Waals surface area contributed by atoms with Gasteiger partial charge in [0.1, 0.15) is 5.76 Å². The molecule has 2 aromatic heterocycles. The first kappa shape index (κ1) is 18.8. The number of thiazole rings is 1. The molecular formula is C21H17N3O4S. The van der Waals surface area contributed by atoms with E-state index in [9.17, 15) is 14.9 Å². The van der Waals surface area contributed by atoms with E-state index < -0.39 is 4.92 Å². The van der Waals surface area contributed by atoms with Crippen LogP contribution in [0.15, 0.2) is 59.2 Å². The van der Waals surface area contributed by atoms with E-state index in [1.54, 1.807) is 23.3 Å². The van der Waals surface area contributed by atoms with Gasteiger partial charge in [0.2, 0.25) is 0 Å². The van der Waals surface area contributed by atoms with Crippen molar-refractivity contribution in [3.8, 4) is 0 Å². The van der Waals surface area contributed by atoms with E-state index in [2.05, 4.69) is 11.1 Å². The van der Waals surface area contributed by atoms with E-state index in [1.165, 1.54) is 35.6 Å². The first-order chi connectivity index (χ1) is 13.9. The molecule has 0 saturated carbocycles. The van der Waals surface area contributed by atoms with Gasteiger partial charge >= 0.3 is 0 Å². The second-order valence-corrected chi connectivity index (χ2v) is 7.68. The minimum absolute atomic E-state index is 0.0646. The van der Waals surface area contributed by atoms with Gasteiger partial charge in [-0.2, -0.15) is 0 Å². The van der Waals surface area contributed by atoms with Crippen LogP contribution < -0.4 is 4.90 Å². The number of hydrogen-bond donors (Lipinski definition) is 0. The highest BCUT2D eigenvalue weighted by molar-refractivity contribution is 7.22. The van der Waals surface area contributed by atoms with Crippen LogP contribution in [0.2, 0.25) is 0 Å². The molecular weight excluding hydrogens is 390 g/mol. The summed E-state index contributed by atoms with van der Waals surface area (Å²) >= 11 is 1.44. The number of nitro benzene ring substituents is 1. The van der Waals surface area contributed by atoms with Gasteiger partial charge < -0.3 is 4.42 Å². The summed E-state index contributed by atoms with van der Waals surface area (Å²) in [5.74, 6) is 0.317.